The molecule has 0 aliphatic carbocycles. The van der Waals surface area contributed by atoms with E-state index in [-0.39, 0.29) is 5.75 Å². The van der Waals surface area contributed by atoms with Crippen LogP contribution in [-0.4, -0.2) is 11.4 Å². The topological polar surface area (TPSA) is 37.3 Å². The molecule has 0 saturated carbocycles. The fraction of sp³-hybridized carbons (Fsp3) is 0.300. The number of carbonyl (C=O) groups is 1. The van der Waals surface area contributed by atoms with E-state index in [4.69, 9.17) is 11.6 Å². The Morgan fingerprint density at radius 1 is 1.46 bits per heavy atom. The zero-order valence-corrected chi connectivity index (χ0v) is 7.92. The molecule has 0 aliphatic rings. The summed E-state index contributed by atoms with van der Waals surface area (Å²) < 4.78 is 0. The van der Waals surface area contributed by atoms with E-state index in [0.717, 1.165) is 18.3 Å². The van der Waals surface area contributed by atoms with E-state index in [1.165, 1.54) is 0 Å². The largest absolute Gasteiger partial charge is 0.508 e. The third-order valence-electron chi connectivity index (χ3n) is 1.84. The molecule has 1 aromatic carbocycles. The molecule has 0 aliphatic heterocycles. The minimum atomic E-state index is 0.207. The lowest BCUT2D eigenvalue weighted by Gasteiger charge is -2.04. The van der Waals surface area contributed by atoms with Gasteiger partial charge in [0.25, 0.3) is 0 Å². The zero-order valence-electron chi connectivity index (χ0n) is 7.16. The normalized spacial score (nSPS) is 9.92. The Hall–Kier alpha value is -1.02. The Labute approximate surface area is 82.2 Å². The Morgan fingerprint density at radius 2 is 2.23 bits per heavy atom. The van der Waals surface area contributed by atoms with Crippen molar-refractivity contribution in [1.82, 2.24) is 0 Å². The van der Waals surface area contributed by atoms with Crippen LogP contribution >= 0.6 is 11.6 Å². The number of phenolic OH excluding ortho intramolecular Hbond substituents is 1. The van der Waals surface area contributed by atoms with Gasteiger partial charge in [-0.15, -0.1) is 0 Å². The van der Waals surface area contributed by atoms with Crippen molar-refractivity contribution < 1.29 is 9.90 Å². The van der Waals surface area contributed by atoms with Gasteiger partial charge in [-0.05, 0) is 25.0 Å². The Morgan fingerprint density at radius 3 is 2.85 bits per heavy atom. The van der Waals surface area contributed by atoms with Crippen LogP contribution < -0.4 is 0 Å². The third kappa shape index (κ3) is 2.74. The maximum absolute atomic E-state index is 10.1. The highest BCUT2D eigenvalue weighted by Gasteiger charge is 2.04. The van der Waals surface area contributed by atoms with Gasteiger partial charge in [-0.2, -0.15) is 0 Å². The van der Waals surface area contributed by atoms with Crippen LogP contribution in [0.5, 0.6) is 5.75 Å². The number of hydrogen-bond acceptors (Lipinski definition) is 2. The van der Waals surface area contributed by atoms with Gasteiger partial charge in [0.15, 0.2) is 0 Å². The first-order chi connectivity index (χ1) is 6.25. The van der Waals surface area contributed by atoms with Gasteiger partial charge in [0.05, 0.1) is 0 Å². The fourth-order valence-electron chi connectivity index (χ4n) is 1.16. The summed E-state index contributed by atoms with van der Waals surface area (Å²) in [7, 11) is 0. The van der Waals surface area contributed by atoms with Crippen molar-refractivity contribution in [2.45, 2.75) is 19.3 Å². The molecule has 3 heteroatoms. The van der Waals surface area contributed by atoms with Crippen LogP contribution in [0.15, 0.2) is 18.2 Å². The molecule has 1 rings (SSSR count). The summed E-state index contributed by atoms with van der Waals surface area (Å²) in [5.41, 5.74) is 0.728. The summed E-state index contributed by atoms with van der Waals surface area (Å²) in [5, 5.41) is 9.98. The molecule has 70 valence electrons. The van der Waals surface area contributed by atoms with E-state index < -0.39 is 0 Å². The van der Waals surface area contributed by atoms with Crippen LogP contribution in [0.1, 0.15) is 18.4 Å². The Balaban J connectivity index is 2.69. The van der Waals surface area contributed by atoms with E-state index in [9.17, 15) is 9.90 Å². The van der Waals surface area contributed by atoms with Crippen LogP contribution in [0.3, 0.4) is 0 Å². The van der Waals surface area contributed by atoms with Gasteiger partial charge >= 0.3 is 0 Å². The summed E-state index contributed by atoms with van der Waals surface area (Å²) in [4.78, 5) is 10.1. The smallest absolute Gasteiger partial charge is 0.120 e. The highest BCUT2D eigenvalue weighted by Crippen LogP contribution is 2.26. The van der Waals surface area contributed by atoms with Crippen molar-refractivity contribution >= 4 is 17.9 Å². The second-order valence-electron chi connectivity index (χ2n) is 2.80. The van der Waals surface area contributed by atoms with Crippen molar-refractivity contribution in [3.63, 3.8) is 0 Å². The van der Waals surface area contributed by atoms with Gasteiger partial charge in [0.1, 0.15) is 12.0 Å². The van der Waals surface area contributed by atoms with Gasteiger partial charge in [-0.25, -0.2) is 0 Å². The van der Waals surface area contributed by atoms with Crippen LogP contribution in [0, 0.1) is 0 Å². The lowest BCUT2D eigenvalue weighted by atomic mass is 10.1. The second-order valence-corrected chi connectivity index (χ2v) is 3.20. The van der Waals surface area contributed by atoms with Crippen LogP contribution in [0.2, 0.25) is 5.02 Å². The summed E-state index contributed by atoms with van der Waals surface area (Å²) in [5.74, 6) is 0.207. The lowest BCUT2D eigenvalue weighted by molar-refractivity contribution is -0.107. The molecule has 1 aromatic rings. The predicted octanol–water partition coefficient (Wildman–Crippen LogP) is 2.57. The molecule has 1 N–H and O–H groups in total. The van der Waals surface area contributed by atoms with E-state index >= 15 is 0 Å². The minimum Gasteiger partial charge on any atom is -0.508 e. The second kappa shape index (κ2) is 4.87. The highest BCUT2D eigenvalue weighted by molar-refractivity contribution is 6.31. The van der Waals surface area contributed by atoms with Crippen molar-refractivity contribution in [2.24, 2.45) is 0 Å². The monoisotopic (exact) mass is 198 g/mol. The van der Waals surface area contributed by atoms with Crippen molar-refractivity contribution in [1.29, 1.82) is 0 Å². The van der Waals surface area contributed by atoms with Crippen LogP contribution in [-0.2, 0) is 11.2 Å². The number of phenols is 1. The average Bonchev–Trinajstić information content (AvgIpc) is 2.10. The number of aromatic hydroxyl groups is 1. The molecular weight excluding hydrogens is 188 g/mol. The van der Waals surface area contributed by atoms with Gasteiger partial charge in [0, 0.05) is 17.0 Å². The lowest BCUT2D eigenvalue weighted by Crippen LogP contribution is -1.88. The molecule has 0 amide bonds. The molecule has 0 fully saturated rings. The molecule has 0 unspecified atom stereocenters. The van der Waals surface area contributed by atoms with Crippen molar-refractivity contribution in [3.8, 4) is 5.75 Å². The van der Waals surface area contributed by atoms with E-state index in [2.05, 4.69) is 0 Å². The van der Waals surface area contributed by atoms with E-state index in [1.54, 1.807) is 18.2 Å². The van der Waals surface area contributed by atoms with Crippen LogP contribution in [0.4, 0.5) is 0 Å². The molecule has 2 nitrogen and oxygen atoms in total. The van der Waals surface area contributed by atoms with Crippen LogP contribution in [0.25, 0.3) is 0 Å². The number of rotatable bonds is 4. The van der Waals surface area contributed by atoms with Gasteiger partial charge < -0.3 is 9.90 Å². The summed E-state index contributed by atoms with van der Waals surface area (Å²) in [6.07, 6.45) is 2.74. The number of benzene rings is 1. The summed E-state index contributed by atoms with van der Waals surface area (Å²) >= 11 is 5.86. The first-order valence-electron chi connectivity index (χ1n) is 4.15. The predicted molar refractivity (Wildman–Crippen MR) is 52.1 cm³/mol. The number of unbranched alkanes of at least 4 members (excludes halogenated alkanes) is 1. The average molecular weight is 199 g/mol. The molecule has 13 heavy (non-hydrogen) atoms. The molecular formula is C10H11ClO2. The summed E-state index contributed by atoms with van der Waals surface area (Å²) in [6, 6.07) is 5.03. The quantitative estimate of drug-likeness (QED) is 0.597. The molecule has 0 saturated heterocycles. The van der Waals surface area contributed by atoms with E-state index in [0.29, 0.717) is 17.9 Å². The number of carbonyl (C=O) groups excluding carboxylic acids is 1. The number of halogens is 1. The molecule has 0 heterocycles. The first kappa shape index (κ1) is 10.1. The highest BCUT2D eigenvalue weighted by atomic mass is 35.5. The van der Waals surface area contributed by atoms with Gasteiger partial charge in [-0.3, -0.25) is 0 Å². The van der Waals surface area contributed by atoms with Gasteiger partial charge in [-0.1, -0.05) is 17.7 Å². The third-order valence-corrected chi connectivity index (χ3v) is 2.20. The van der Waals surface area contributed by atoms with Gasteiger partial charge in [0.2, 0.25) is 0 Å². The number of aldehydes is 1. The summed E-state index contributed by atoms with van der Waals surface area (Å²) in [6.45, 7) is 0. The maximum Gasteiger partial charge on any atom is 0.120 e. The van der Waals surface area contributed by atoms with E-state index in [1.807, 2.05) is 0 Å². The molecule has 0 radical (unpaired) electrons. The maximum atomic E-state index is 10.1. The number of hydrogen-bond donors (Lipinski definition) is 1. The first-order valence-corrected chi connectivity index (χ1v) is 4.53. The fourth-order valence-corrected chi connectivity index (χ4v) is 1.42. The molecule has 0 spiro atoms. The standard InChI is InChI=1S/C10H11ClO2/c11-9-5-3-6-10(13)8(9)4-1-2-7-12/h3,5-7,13H,1-2,4H2. The Kier molecular flexibility index (Phi) is 3.77. The zero-order chi connectivity index (χ0) is 9.68. The van der Waals surface area contributed by atoms with Crippen molar-refractivity contribution in [2.75, 3.05) is 0 Å². The SMILES string of the molecule is O=CCCCc1c(O)cccc1Cl. The van der Waals surface area contributed by atoms with Crippen molar-refractivity contribution in [3.05, 3.63) is 28.8 Å². The molecule has 0 atom stereocenters. The minimum absolute atomic E-state index is 0.207. The molecule has 0 aromatic heterocycles. The Bertz CT molecular complexity index is 277. The molecule has 0 bridgehead atoms.